The minimum atomic E-state index is 0.491. The van der Waals surface area contributed by atoms with Crippen LogP contribution < -0.4 is 5.73 Å². The van der Waals surface area contributed by atoms with Crippen LogP contribution in [0.5, 0.6) is 0 Å². The summed E-state index contributed by atoms with van der Waals surface area (Å²) in [6.45, 7) is 2.01. The van der Waals surface area contributed by atoms with E-state index < -0.39 is 0 Å². The van der Waals surface area contributed by atoms with Crippen LogP contribution in [0, 0.1) is 0 Å². The molecule has 7 heteroatoms. The summed E-state index contributed by atoms with van der Waals surface area (Å²) >= 11 is 8.68. The number of amidine groups is 1. The molecule has 1 aromatic carbocycles. The van der Waals surface area contributed by atoms with Gasteiger partial charge in [0.15, 0.2) is 5.17 Å². The molecule has 0 amide bonds. The highest BCUT2D eigenvalue weighted by Gasteiger charge is 2.09. The zero-order valence-electron chi connectivity index (χ0n) is 8.48. The molecule has 0 radical (unpaired) electrons. The number of fused-ring (bicyclic) bond motifs is 1. The Hall–Kier alpha value is -0.850. The molecule has 4 nitrogen and oxygen atoms in total. The molecule has 0 unspecified atom stereocenters. The maximum atomic E-state index is 6.07. The van der Waals surface area contributed by atoms with Crippen LogP contribution in [0.2, 0.25) is 5.02 Å². The monoisotopic (exact) mass is 272 g/mol. The Kier molecular flexibility index (Phi) is 3.63. The third-order valence-electron chi connectivity index (χ3n) is 1.87. The van der Waals surface area contributed by atoms with E-state index in [9.17, 15) is 0 Å². The van der Waals surface area contributed by atoms with Gasteiger partial charge in [-0.05, 0) is 17.9 Å². The third-order valence-corrected chi connectivity index (χ3v) is 3.39. The number of hydrogen-bond acceptors (Lipinski definition) is 5. The molecule has 84 valence electrons. The van der Waals surface area contributed by atoms with Gasteiger partial charge in [0, 0.05) is 0 Å². The lowest BCUT2D eigenvalue weighted by atomic mass is 10.3. The van der Waals surface area contributed by atoms with Crippen LogP contribution in [0.15, 0.2) is 17.1 Å². The number of benzene rings is 1. The Morgan fingerprint density at radius 1 is 1.56 bits per heavy atom. The molecule has 0 saturated carbocycles. The van der Waals surface area contributed by atoms with Gasteiger partial charge in [-0.3, -0.25) is 0 Å². The van der Waals surface area contributed by atoms with E-state index in [2.05, 4.69) is 13.7 Å². The van der Waals surface area contributed by atoms with Crippen LogP contribution in [0.1, 0.15) is 6.92 Å². The summed E-state index contributed by atoms with van der Waals surface area (Å²) in [7, 11) is 0. The first-order valence-corrected chi connectivity index (χ1v) is 6.69. The Bertz CT molecular complexity index is 537. The van der Waals surface area contributed by atoms with Gasteiger partial charge in [0.25, 0.3) is 0 Å². The Balaban J connectivity index is 2.53. The number of thioether (sulfide) groups is 1. The lowest BCUT2D eigenvalue weighted by Gasteiger charge is -2.00. The Morgan fingerprint density at radius 2 is 2.38 bits per heavy atom. The number of nitrogens with zero attached hydrogens (tertiary/aromatic N) is 3. The number of aromatic nitrogens is 2. The molecular formula is C9H9ClN4S2. The quantitative estimate of drug-likeness (QED) is 0.674. The topological polar surface area (TPSA) is 64.2 Å². The van der Waals surface area contributed by atoms with Crippen molar-refractivity contribution in [2.24, 2.45) is 10.7 Å². The van der Waals surface area contributed by atoms with Crippen LogP contribution in [-0.2, 0) is 0 Å². The van der Waals surface area contributed by atoms with Crippen molar-refractivity contribution in [2.45, 2.75) is 6.92 Å². The highest BCUT2D eigenvalue weighted by atomic mass is 35.5. The largest absolute Gasteiger partial charge is 0.378 e. The van der Waals surface area contributed by atoms with E-state index in [1.807, 2.05) is 13.0 Å². The summed E-state index contributed by atoms with van der Waals surface area (Å²) in [5, 5.41) is 1.03. The summed E-state index contributed by atoms with van der Waals surface area (Å²) in [5.41, 5.74) is 7.86. The zero-order chi connectivity index (χ0) is 11.5. The van der Waals surface area contributed by atoms with E-state index >= 15 is 0 Å². The van der Waals surface area contributed by atoms with Gasteiger partial charge in [0.2, 0.25) is 0 Å². The molecule has 0 spiro atoms. The lowest BCUT2D eigenvalue weighted by Crippen LogP contribution is -2.05. The van der Waals surface area contributed by atoms with Gasteiger partial charge < -0.3 is 5.73 Å². The fraction of sp³-hybridized carbons (Fsp3) is 0.222. The number of rotatable bonds is 2. The van der Waals surface area contributed by atoms with Crippen molar-refractivity contribution in [3.8, 4) is 0 Å². The average molecular weight is 273 g/mol. The maximum absolute atomic E-state index is 6.07. The van der Waals surface area contributed by atoms with Gasteiger partial charge in [0.1, 0.15) is 16.7 Å². The summed E-state index contributed by atoms with van der Waals surface area (Å²) in [4.78, 5) is 4.28. The van der Waals surface area contributed by atoms with Crippen molar-refractivity contribution in [2.75, 3.05) is 5.75 Å². The molecule has 0 aliphatic rings. The minimum absolute atomic E-state index is 0.491. The SMILES string of the molecule is CCSC(N)=Nc1c(Cl)ccc2nsnc12. The van der Waals surface area contributed by atoms with E-state index in [-0.39, 0.29) is 0 Å². The number of hydrogen-bond donors (Lipinski definition) is 1. The van der Waals surface area contributed by atoms with Crippen LogP contribution in [-0.4, -0.2) is 19.7 Å². The van der Waals surface area contributed by atoms with Crippen molar-refractivity contribution >= 4 is 57.0 Å². The van der Waals surface area contributed by atoms with Gasteiger partial charge in [-0.2, -0.15) is 8.75 Å². The van der Waals surface area contributed by atoms with Gasteiger partial charge in [-0.15, -0.1) is 0 Å². The van der Waals surface area contributed by atoms with Crippen molar-refractivity contribution in [1.82, 2.24) is 8.75 Å². The standard InChI is InChI=1S/C9H9ClN4S2/c1-2-15-9(11)12-7-5(10)3-4-6-8(7)14-16-13-6/h3-4H,2H2,1H3,(H2,11,12). The third kappa shape index (κ3) is 2.28. The van der Waals surface area contributed by atoms with Crippen molar-refractivity contribution < 1.29 is 0 Å². The molecule has 0 bridgehead atoms. The summed E-state index contributed by atoms with van der Waals surface area (Å²) in [6, 6.07) is 3.58. The fourth-order valence-corrected chi connectivity index (χ4v) is 2.39. The smallest absolute Gasteiger partial charge is 0.159 e. The molecule has 0 aliphatic carbocycles. The summed E-state index contributed by atoms with van der Waals surface area (Å²) < 4.78 is 8.30. The number of halogens is 1. The van der Waals surface area contributed by atoms with Crippen molar-refractivity contribution in [1.29, 1.82) is 0 Å². The van der Waals surface area contributed by atoms with E-state index in [0.717, 1.165) is 23.0 Å². The Labute approximate surface area is 106 Å². The predicted molar refractivity (Wildman–Crippen MR) is 71.8 cm³/mol. The second-order valence-corrected chi connectivity index (χ2v) is 5.13. The second-order valence-electron chi connectivity index (χ2n) is 2.91. The van der Waals surface area contributed by atoms with Gasteiger partial charge >= 0.3 is 0 Å². The van der Waals surface area contributed by atoms with Crippen LogP contribution >= 0.6 is 35.1 Å². The first kappa shape index (κ1) is 11.6. The van der Waals surface area contributed by atoms with Crippen molar-refractivity contribution in [3.63, 3.8) is 0 Å². The van der Waals surface area contributed by atoms with Gasteiger partial charge in [-0.25, -0.2) is 4.99 Å². The molecular weight excluding hydrogens is 264 g/mol. The predicted octanol–water partition coefficient (Wildman–Crippen LogP) is 3.04. The first-order valence-electron chi connectivity index (χ1n) is 4.60. The molecule has 0 aliphatic heterocycles. The molecule has 16 heavy (non-hydrogen) atoms. The average Bonchev–Trinajstić information content (AvgIpc) is 2.71. The number of aliphatic imine (C=N–C) groups is 1. The zero-order valence-corrected chi connectivity index (χ0v) is 10.9. The molecule has 0 fully saturated rings. The Morgan fingerprint density at radius 3 is 3.12 bits per heavy atom. The molecule has 0 atom stereocenters. The molecule has 2 N–H and O–H groups in total. The second kappa shape index (κ2) is 4.99. The van der Waals surface area contributed by atoms with E-state index in [0.29, 0.717) is 21.4 Å². The van der Waals surface area contributed by atoms with E-state index in [1.54, 1.807) is 6.07 Å². The highest BCUT2D eigenvalue weighted by Crippen LogP contribution is 2.32. The van der Waals surface area contributed by atoms with E-state index in [4.69, 9.17) is 17.3 Å². The van der Waals surface area contributed by atoms with Crippen molar-refractivity contribution in [3.05, 3.63) is 17.2 Å². The minimum Gasteiger partial charge on any atom is -0.378 e. The van der Waals surface area contributed by atoms with Gasteiger partial charge in [-0.1, -0.05) is 30.3 Å². The van der Waals surface area contributed by atoms with Crippen LogP contribution in [0.25, 0.3) is 11.0 Å². The van der Waals surface area contributed by atoms with Gasteiger partial charge in [0.05, 0.1) is 16.8 Å². The van der Waals surface area contributed by atoms with Crippen LogP contribution in [0.4, 0.5) is 5.69 Å². The normalized spacial score (nSPS) is 12.2. The van der Waals surface area contributed by atoms with E-state index in [1.165, 1.54) is 11.8 Å². The summed E-state index contributed by atoms with van der Waals surface area (Å²) in [6.07, 6.45) is 0. The molecule has 2 rings (SSSR count). The van der Waals surface area contributed by atoms with Crippen LogP contribution in [0.3, 0.4) is 0 Å². The summed E-state index contributed by atoms with van der Waals surface area (Å²) in [5.74, 6) is 0.873. The molecule has 1 aromatic heterocycles. The highest BCUT2D eigenvalue weighted by molar-refractivity contribution is 8.13. The molecule has 1 heterocycles. The number of nitrogens with two attached hydrogens (primary N) is 1. The lowest BCUT2D eigenvalue weighted by molar-refractivity contribution is 1.50. The molecule has 0 saturated heterocycles. The fourth-order valence-electron chi connectivity index (χ4n) is 1.21. The molecule has 2 aromatic rings. The maximum Gasteiger partial charge on any atom is 0.159 e. The first-order chi connectivity index (χ1) is 7.72.